The number of aromatic amines is 1. The van der Waals surface area contributed by atoms with E-state index in [0.29, 0.717) is 17.7 Å². The molecule has 1 aromatic carbocycles. The van der Waals surface area contributed by atoms with Gasteiger partial charge >= 0.3 is 0 Å². The van der Waals surface area contributed by atoms with Crippen molar-refractivity contribution in [1.29, 1.82) is 0 Å². The van der Waals surface area contributed by atoms with E-state index in [1.165, 1.54) is 25.0 Å². The molecule has 1 heterocycles. The van der Waals surface area contributed by atoms with Crippen molar-refractivity contribution in [2.75, 3.05) is 5.73 Å². The summed E-state index contributed by atoms with van der Waals surface area (Å²) in [5.74, 6) is 1.77. The maximum atomic E-state index is 6.08. The Morgan fingerprint density at radius 2 is 2.21 bits per heavy atom. The van der Waals surface area contributed by atoms with Gasteiger partial charge in [0.25, 0.3) is 0 Å². The topological polar surface area (TPSA) is 54.7 Å². The highest BCUT2D eigenvalue weighted by molar-refractivity contribution is 6.30. The van der Waals surface area contributed by atoms with Crippen LogP contribution in [-0.4, -0.2) is 10.2 Å². The Bertz CT molecular complexity index is 591. The lowest BCUT2D eigenvalue weighted by molar-refractivity contribution is 0.522. The van der Waals surface area contributed by atoms with E-state index in [1.54, 1.807) is 0 Å². The van der Waals surface area contributed by atoms with Gasteiger partial charge in [0, 0.05) is 22.2 Å². The Morgan fingerprint density at radius 1 is 1.37 bits per heavy atom. The Labute approximate surface area is 118 Å². The minimum atomic E-state index is 0.527. The van der Waals surface area contributed by atoms with Gasteiger partial charge in [-0.2, -0.15) is 5.10 Å². The molecular weight excluding hydrogens is 258 g/mol. The molecule has 2 unspecified atom stereocenters. The second-order valence-electron chi connectivity index (χ2n) is 5.42. The summed E-state index contributed by atoms with van der Waals surface area (Å²) in [4.78, 5) is 0. The van der Waals surface area contributed by atoms with Gasteiger partial charge in [0.1, 0.15) is 0 Å². The molecular formula is C15H18ClN3. The van der Waals surface area contributed by atoms with Crippen molar-refractivity contribution < 1.29 is 0 Å². The Hall–Kier alpha value is -1.48. The second kappa shape index (κ2) is 4.89. The maximum absolute atomic E-state index is 6.08. The molecule has 0 radical (unpaired) electrons. The standard InChI is InChI=1S/C15H18ClN3/c1-9-4-2-7-12(9)14-13(15(17)19-18-14)10-5-3-6-11(16)8-10/h3,5-6,8-9,12H,2,4,7H2,1H3,(H3,17,18,19). The number of halogens is 1. The van der Waals surface area contributed by atoms with E-state index in [1.807, 2.05) is 24.3 Å². The molecule has 1 saturated carbocycles. The van der Waals surface area contributed by atoms with Gasteiger partial charge in [-0.05, 0) is 30.0 Å². The summed E-state index contributed by atoms with van der Waals surface area (Å²) in [6, 6.07) is 7.81. The van der Waals surface area contributed by atoms with Crippen LogP contribution in [0.5, 0.6) is 0 Å². The molecule has 1 aromatic heterocycles. The first kappa shape index (κ1) is 12.5. The molecule has 0 spiro atoms. The molecule has 1 aliphatic rings. The van der Waals surface area contributed by atoms with Crippen LogP contribution in [0.25, 0.3) is 11.1 Å². The van der Waals surface area contributed by atoms with Crippen LogP contribution in [0.4, 0.5) is 5.82 Å². The molecule has 2 aromatic rings. The molecule has 3 rings (SSSR count). The van der Waals surface area contributed by atoms with Gasteiger partial charge in [-0.3, -0.25) is 5.10 Å². The Balaban J connectivity index is 2.08. The van der Waals surface area contributed by atoms with E-state index in [-0.39, 0.29) is 0 Å². The van der Waals surface area contributed by atoms with E-state index in [2.05, 4.69) is 17.1 Å². The molecule has 2 atom stereocenters. The SMILES string of the molecule is CC1CCCC1c1[nH]nc(N)c1-c1cccc(Cl)c1. The number of rotatable bonds is 2. The molecule has 0 bridgehead atoms. The fourth-order valence-electron chi connectivity index (χ4n) is 3.16. The number of nitrogens with one attached hydrogen (secondary N) is 1. The molecule has 0 saturated heterocycles. The average molecular weight is 276 g/mol. The van der Waals surface area contributed by atoms with E-state index in [4.69, 9.17) is 17.3 Å². The summed E-state index contributed by atoms with van der Waals surface area (Å²) in [6.07, 6.45) is 3.76. The summed E-state index contributed by atoms with van der Waals surface area (Å²) in [6.45, 7) is 2.30. The quantitative estimate of drug-likeness (QED) is 0.862. The first-order valence-corrected chi connectivity index (χ1v) is 7.14. The van der Waals surface area contributed by atoms with Gasteiger partial charge in [0.2, 0.25) is 0 Å². The van der Waals surface area contributed by atoms with Gasteiger partial charge in [0.15, 0.2) is 5.82 Å². The van der Waals surface area contributed by atoms with Gasteiger partial charge in [-0.15, -0.1) is 0 Å². The zero-order valence-corrected chi connectivity index (χ0v) is 11.7. The smallest absolute Gasteiger partial charge is 0.153 e. The highest BCUT2D eigenvalue weighted by Crippen LogP contribution is 2.43. The number of nitrogens with zero attached hydrogens (tertiary/aromatic N) is 1. The van der Waals surface area contributed by atoms with Gasteiger partial charge in [-0.25, -0.2) is 0 Å². The third kappa shape index (κ3) is 2.23. The first-order chi connectivity index (χ1) is 9.16. The zero-order chi connectivity index (χ0) is 13.4. The number of aromatic nitrogens is 2. The minimum absolute atomic E-state index is 0.527. The summed E-state index contributed by atoms with van der Waals surface area (Å²) in [7, 11) is 0. The predicted molar refractivity (Wildman–Crippen MR) is 79.2 cm³/mol. The zero-order valence-electron chi connectivity index (χ0n) is 11.0. The third-order valence-corrected chi connectivity index (χ3v) is 4.40. The van der Waals surface area contributed by atoms with Crippen LogP contribution in [-0.2, 0) is 0 Å². The molecule has 0 amide bonds. The van der Waals surface area contributed by atoms with Gasteiger partial charge < -0.3 is 5.73 Å². The Morgan fingerprint density at radius 3 is 2.89 bits per heavy atom. The molecule has 4 heteroatoms. The van der Waals surface area contributed by atoms with Crippen molar-refractivity contribution >= 4 is 17.4 Å². The van der Waals surface area contributed by atoms with Crippen molar-refractivity contribution in [3.63, 3.8) is 0 Å². The predicted octanol–water partition coefficient (Wildman–Crippen LogP) is 4.22. The number of nitrogen functional groups attached to an aromatic ring is 1. The van der Waals surface area contributed by atoms with Gasteiger partial charge in [0.05, 0.1) is 0 Å². The normalized spacial score (nSPS) is 22.8. The summed E-state index contributed by atoms with van der Waals surface area (Å²) in [5.41, 5.74) is 9.30. The van der Waals surface area contributed by atoms with E-state index < -0.39 is 0 Å². The van der Waals surface area contributed by atoms with Crippen LogP contribution in [0.1, 0.15) is 37.8 Å². The lowest BCUT2D eigenvalue weighted by atomic mass is 9.90. The van der Waals surface area contributed by atoms with Crippen molar-refractivity contribution in [1.82, 2.24) is 10.2 Å². The van der Waals surface area contributed by atoms with Crippen molar-refractivity contribution in [3.05, 3.63) is 35.0 Å². The van der Waals surface area contributed by atoms with E-state index in [9.17, 15) is 0 Å². The summed E-state index contributed by atoms with van der Waals surface area (Å²) < 4.78 is 0. The number of H-pyrrole nitrogens is 1. The molecule has 1 fully saturated rings. The van der Waals surface area contributed by atoms with Crippen LogP contribution < -0.4 is 5.73 Å². The van der Waals surface area contributed by atoms with Crippen molar-refractivity contribution in [2.45, 2.75) is 32.1 Å². The fourth-order valence-corrected chi connectivity index (χ4v) is 3.35. The fraction of sp³-hybridized carbons (Fsp3) is 0.400. The number of anilines is 1. The van der Waals surface area contributed by atoms with Crippen LogP contribution >= 0.6 is 11.6 Å². The van der Waals surface area contributed by atoms with E-state index in [0.717, 1.165) is 16.1 Å². The molecule has 3 N–H and O–H groups in total. The highest BCUT2D eigenvalue weighted by Gasteiger charge is 2.29. The van der Waals surface area contributed by atoms with E-state index >= 15 is 0 Å². The molecule has 3 nitrogen and oxygen atoms in total. The molecule has 0 aliphatic heterocycles. The summed E-state index contributed by atoms with van der Waals surface area (Å²) in [5, 5.41) is 8.08. The van der Waals surface area contributed by atoms with Gasteiger partial charge in [-0.1, -0.05) is 43.5 Å². The lowest BCUT2D eigenvalue weighted by Crippen LogP contribution is -2.04. The average Bonchev–Trinajstić information content (AvgIpc) is 2.95. The highest BCUT2D eigenvalue weighted by atomic mass is 35.5. The van der Waals surface area contributed by atoms with Crippen molar-refractivity contribution in [3.8, 4) is 11.1 Å². The second-order valence-corrected chi connectivity index (χ2v) is 5.86. The first-order valence-electron chi connectivity index (χ1n) is 6.76. The summed E-state index contributed by atoms with van der Waals surface area (Å²) >= 11 is 6.08. The Kier molecular flexibility index (Phi) is 3.23. The monoisotopic (exact) mass is 275 g/mol. The van der Waals surface area contributed by atoms with Crippen molar-refractivity contribution in [2.24, 2.45) is 5.92 Å². The number of hydrogen-bond donors (Lipinski definition) is 2. The minimum Gasteiger partial charge on any atom is -0.382 e. The number of hydrogen-bond acceptors (Lipinski definition) is 2. The number of nitrogens with two attached hydrogens (primary N) is 1. The van der Waals surface area contributed by atoms with Crippen LogP contribution in [0, 0.1) is 5.92 Å². The molecule has 100 valence electrons. The molecule has 19 heavy (non-hydrogen) atoms. The molecule has 1 aliphatic carbocycles. The van der Waals surface area contributed by atoms with Crippen LogP contribution in [0.2, 0.25) is 5.02 Å². The number of benzene rings is 1. The lowest BCUT2D eigenvalue weighted by Gasteiger charge is -2.15. The largest absolute Gasteiger partial charge is 0.382 e. The third-order valence-electron chi connectivity index (χ3n) is 4.17. The maximum Gasteiger partial charge on any atom is 0.153 e. The van der Waals surface area contributed by atoms with Crippen LogP contribution in [0.3, 0.4) is 0 Å². The van der Waals surface area contributed by atoms with Crippen LogP contribution in [0.15, 0.2) is 24.3 Å².